The van der Waals surface area contributed by atoms with Crippen molar-refractivity contribution in [1.82, 2.24) is 4.90 Å². The van der Waals surface area contributed by atoms with E-state index in [-0.39, 0.29) is 0 Å². The van der Waals surface area contributed by atoms with E-state index in [0.29, 0.717) is 18.5 Å². The van der Waals surface area contributed by atoms with Crippen molar-refractivity contribution in [3.63, 3.8) is 0 Å². The Morgan fingerprint density at radius 1 is 1.41 bits per heavy atom. The second-order valence-electron chi connectivity index (χ2n) is 4.10. The van der Waals surface area contributed by atoms with E-state index < -0.39 is 6.10 Å². The number of aliphatic hydroxyl groups excluding tert-OH is 1. The number of rotatable bonds is 5. The minimum absolute atomic E-state index is 0.463. The summed E-state index contributed by atoms with van der Waals surface area (Å²) in [7, 11) is 3.67. The van der Waals surface area contributed by atoms with Gasteiger partial charge in [0.05, 0.1) is 6.10 Å². The molecule has 0 aliphatic heterocycles. The van der Waals surface area contributed by atoms with E-state index >= 15 is 0 Å². The number of hydrogen-bond donors (Lipinski definition) is 1. The minimum atomic E-state index is -0.463. The third kappa shape index (κ3) is 4.29. The molecule has 1 atom stereocenters. The molecule has 1 unspecified atom stereocenters. The van der Waals surface area contributed by atoms with Crippen LogP contribution in [0.15, 0.2) is 42.1 Å². The van der Waals surface area contributed by atoms with Crippen LogP contribution in [0.1, 0.15) is 24.5 Å². The Balaban J connectivity index is 2.50. The Kier molecular flexibility index (Phi) is 5.25. The van der Waals surface area contributed by atoms with Crippen molar-refractivity contribution in [2.24, 2.45) is 0 Å². The maximum atomic E-state index is 9.92. The molecule has 0 aliphatic carbocycles. The summed E-state index contributed by atoms with van der Waals surface area (Å²) in [5.74, 6) is 0. The van der Waals surface area contributed by atoms with Gasteiger partial charge in [-0.05, 0) is 18.4 Å². The normalized spacial score (nSPS) is 12.9. The van der Waals surface area contributed by atoms with Crippen molar-refractivity contribution in [3.8, 4) is 6.07 Å². The molecule has 90 valence electrons. The van der Waals surface area contributed by atoms with Crippen molar-refractivity contribution in [2.45, 2.75) is 18.9 Å². The fourth-order valence-electron chi connectivity index (χ4n) is 1.55. The summed E-state index contributed by atoms with van der Waals surface area (Å²) < 4.78 is 0. The van der Waals surface area contributed by atoms with Crippen LogP contribution in [0.3, 0.4) is 0 Å². The Morgan fingerprint density at radius 2 is 2.06 bits per heavy atom. The van der Waals surface area contributed by atoms with Crippen LogP contribution >= 0.6 is 0 Å². The summed E-state index contributed by atoms with van der Waals surface area (Å²) in [6.07, 6.45) is 2.71. The third-order valence-corrected chi connectivity index (χ3v) is 2.56. The van der Waals surface area contributed by atoms with E-state index in [4.69, 9.17) is 5.26 Å². The van der Waals surface area contributed by atoms with Gasteiger partial charge in [0.1, 0.15) is 11.8 Å². The van der Waals surface area contributed by atoms with Crippen molar-refractivity contribution >= 4 is 0 Å². The number of aliphatic hydroxyl groups is 1. The van der Waals surface area contributed by atoms with Gasteiger partial charge in [0.15, 0.2) is 0 Å². The zero-order valence-electron chi connectivity index (χ0n) is 10.3. The molecule has 0 saturated heterocycles. The molecule has 1 rings (SSSR count). The molecule has 0 amide bonds. The lowest BCUT2D eigenvalue weighted by Gasteiger charge is -2.11. The molecule has 0 aliphatic rings. The molecule has 1 aromatic rings. The van der Waals surface area contributed by atoms with Crippen molar-refractivity contribution in [3.05, 3.63) is 47.7 Å². The fraction of sp³-hybridized carbons (Fsp3) is 0.357. The molecule has 0 bridgehead atoms. The Morgan fingerprint density at radius 3 is 2.59 bits per heavy atom. The van der Waals surface area contributed by atoms with E-state index in [1.165, 1.54) is 0 Å². The molecule has 3 nitrogen and oxygen atoms in total. The molecule has 0 heterocycles. The monoisotopic (exact) mass is 230 g/mol. The van der Waals surface area contributed by atoms with Crippen LogP contribution in [0.4, 0.5) is 0 Å². The van der Waals surface area contributed by atoms with Gasteiger partial charge in [-0.3, -0.25) is 0 Å². The zero-order valence-corrected chi connectivity index (χ0v) is 10.3. The van der Waals surface area contributed by atoms with Gasteiger partial charge < -0.3 is 10.0 Å². The van der Waals surface area contributed by atoms with E-state index in [0.717, 1.165) is 5.56 Å². The van der Waals surface area contributed by atoms with Crippen molar-refractivity contribution in [1.29, 1.82) is 5.26 Å². The highest BCUT2D eigenvalue weighted by Gasteiger charge is 2.05. The van der Waals surface area contributed by atoms with Crippen LogP contribution in [0.2, 0.25) is 0 Å². The standard InChI is InChI=1S/C14H18N2O/c1-16(2)13(11-15)9-6-10-14(17)12-7-4-3-5-8-12/h3-5,7-9,14,17H,6,10H2,1-2H3/b13-9+. The second-order valence-corrected chi connectivity index (χ2v) is 4.10. The number of allylic oxidation sites excluding steroid dienone is 2. The molecule has 1 aromatic carbocycles. The van der Waals surface area contributed by atoms with Crippen LogP contribution in [0.25, 0.3) is 0 Å². The van der Waals surface area contributed by atoms with E-state index in [9.17, 15) is 5.11 Å². The highest BCUT2D eigenvalue weighted by atomic mass is 16.3. The molecular weight excluding hydrogens is 212 g/mol. The molecular formula is C14H18N2O. The summed E-state index contributed by atoms with van der Waals surface area (Å²) in [5, 5.41) is 18.8. The van der Waals surface area contributed by atoms with Gasteiger partial charge >= 0.3 is 0 Å². The van der Waals surface area contributed by atoms with Crippen LogP contribution in [0.5, 0.6) is 0 Å². The average Bonchev–Trinajstić information content (AvgIpc) is 2.35. The van der Waals surface area contributed by atoms with Gasteiger partial charge in [-0.15, -0.1) is 0 Å². The molecule has 0 radical (unpaired) electrons. The number of nitrogens with zero attached hydrogens (tertiary/aromatic N) is 2. The highest BCUT2D eigenvalue weighted by Crippen LogP contribution is 2.18. The van der Waals surface area contributed by atoms with E-state index in [1.807, 2.05) is 50.5 Å². The largest absolute Gasteiger partial charge is 0.388 e. The van der Waals surface area contributed by atoms with Gasteiger partial charge in [0.25, 0.3) is 0 Å². The molecule has 1 N–H and O–H groups in total. The molecule has 0 spiro atoms. The first kappa shape index (κ1) is 13.3. The van der Waals surface area contributed by atoms with Crippen LogP contribution < -0.4 is 0 Å². The first-order valence-corrected chi connectivity index (χ1v) is 5.65. The second kappa shape index (κ2) is 6.72. The smallest absolute Gasteiger partial charge is 0.117 e. The quantitative estimate of drug-likeness (QED) is 0.790. The summed E-state index contributed by atoms with van der Waals surface area (Å²) in [6.45, 7) is 0. The summed E-state index contributed by atoms with van der Waals surface area (Å²) >= 11 is 0. The first-order valence-electron chi connectivity index (χ1n) is 5.65. The molecule has 17 heavy (non-hydrogen) atoms. The van der Waals surface area contributed by atoms with Gasteiger partial charge in [-0.2, -0.15) is 5.26 Å². The predicted molar refractivity (Wildman–Crippen MR) is 68.0 cm³/mol. The van der Waals surface area contributed by atoms with Crippen molar-refractivity contribution in [2.75, 3.05) is 14.1 Å². The zero-order chi connectivity index (χ0) is 12.7. The lowest BCUT2D eigenvalue weighted by molar-refractivity contribution is 0.168. The number of benzene rings is 1. The fourth-order valence-corrected chi connectivity index (χ4v) is 1.55. The Bertz CT molecular complexity index is 404. The number of hydrogen-bond acceptors (Lipinski definition) is 3. The molecule has 0 saturated carbocycles. The maximum Gasteiger partial charge on any atom is 0.117 e. The summed E-state index contributed by atoms with van der Waals surface area (Å²) in [4.78, 5) is 1.77. The van der Waals surface area contributed by atoms with Gasteiger partial charge in [-0.1, -0.05) is 36.4 Å². The minimum Gasteiger partial charge on any atom is -0.388 e. The topological polar surface area (TPSA) is 47.3 Å². The maximum absolute atomic E-state index is 9.92. The van der Waals surface area contributed by atoms with E-state index in [1.54, 1.807) is 4.90 Å². The van der Waals surface area contributed by atoms with Gasteiger partial charge in [-0.25, -0.2) is 0 Å². The Hall–Kier alpha value is -1.79. The first-order chi connectivity index (χ1) is 8.15. The van der Waals surface area contributed by atoms with Gasteiger partial charge in [0, 0.05) is 14.1 Å². The van der Waals surface area contributed by atoms with Crippen LogP contribution in [-0.4, -0.2) is 24.1 Å². The molecule has 3 heteroatoms. The Labute approximate surface area is 103 Å². The molecule has 0 aromatic heterocycles. The highest BCUT2D eigenvalue weighted by molar-refractivity contribution is 5.19. The van der Waals surface area contributed by atoms with Crippen LogP contribution in [0, 0.1) is 11.3 Å². The summed E-state index contributed by atoms with van der Waals surface area (Å²) in [5.41, 5.74) is 1.55. The third-order valence-electron chi connectivity index (χ3n) is 2.56. The lowest BCUT2D eigenvalue weighted by Crippen LogP contribution is -2.09. The van der Waals surface area contributed by atoms with Crippen LogP contribution in [-0.2, 0) is 0 Å². The van der Waals surface area contributed by atoms with E-state index in [2.05, 4.69) is 6.07 Å². The predicted octanol–water partition coefficient (Wildman–Crippen LogP) is 2.47. The number of nitriles is 1. The summed E-state index contributed by atoms with van der Waals surface area (Å²) in [6, 6.07) is 11.7. The SMILES string of the molecule is CN(C)/C(C#N)=C/CCC(O)c1ccccc1. The van der Waals surface area contributed by atoms with Gasteiger partial charge in [0.2, 0.25) is 0 Å². The average molecular weight is 230 g/mol. The molecule has 0 fully saturated rings. The van der Waals surface area contributed by atoms with Crippen molar-refractivity contribution < 1.29 is 5.11 Å². The lowest BCUT2D eigenvalue weighted by atomic mass is 10.0.